The zero-order valence-electron chi connectivity index (χ0n) is 20.5. The van der Waals surface area contributed by atoms with E-state index in [0.717, 1.165) is 11.1 Å². The molecule has 0 spiro atoms. The number of carboxylic acids is 1. The van der Waals surface area contributed by atoms with Crippen molar-refractivity contribution in [2.45, 2.75) is 38.0 Å². The fourth-order valence-corrected chi connectivity index (χ4v) is 4.81. The maximum Gasteiger partial charge on any atom is 0.334 e. The van der Waals surface area contributed by atoms with Gasteiger partial charge in [0.2, 0.25) is 11.8 Å². The van der Waals surface area contributed by atoms with Gasteiger partial charge in [0, 0.05) is 26.6 Å². The molecule has 196 valence electrons. The number of piperazine rings is 1. The molecule has 4 rings (SSSR count). The van der Waals surface area contributed by atoms with E-state index in [2.05, 4.69) is 5.32 Å². The Labute approximate surface area is 214 Å². The van der Waals surface area contributed by atoms with Crippen LogP contribution in [-0.2, 0) is 27.3 Å². The first-order valence-electron chi connectivity index (χ1n) is 12.1. The van der Waals surface area contributed by atoms with Crippen molar-refractivity contribution in [3.8, 4) is 0 Å². The predicted molar refractivity (Wildman–Crippen MR) is 131 cm³/mol. The van der Waals surface area contributed by atoms with E-state index in [1.807, 2.05) is 30.3 Å². The number of nitrogens with zero attached hydrogens (tertiary/aromatic N) is 4. The molecule has 0 radical (unpaired) electrons. The largest absolute Gasteiger partial charge is 0.481 e. The lowest BCUT2D eigenvalue weighted by Gasteiger charge is -2.54. The number of rotatable bonds is 8. The molecule has 4 amide bonds. The van der Waals surface area contributed by atoms with Crippen LogP contribution in [0.4, 0.5) is 9.18 Å². The standard InChI is InChI=1S/C26H30FN5O5/c1-29-17-23(33)31-21(11-12-24(34)35)25(36)30(14-13-18-7-9-20(27)10-8-18)16-22(31)32(29)26(37)28-15-19-5-3-2-4-6-19/h2-10,21-22H,11-17H2,1H3,(H,28,37)(H,34,35)/t21-,22-/m0/s1. The first-order chi connectivity index (χ1) is 17.7. The molecular formula is C26H30FN5O5. The molecule has 2 aliphatic heterocycles. The van der Waals surface area contributed by atoms with Crippen LogP contribution in [-0.4, -0.2) is 87.6 Å². The second kappa shape index (κ2) is 11.4. The maximum absolute atomic E-state index is 13.4. The summed E-state index contributed by atoms with van der Waals surface area (Å²) in [4.78, 5) is 54.1. The quantitative estimate of drug-likeness (QED) is 0.558. The van der Waals surface area contributed by atoms with E-state index in [1.54, 1.807) is 24.1 Å². The zero-order valence-corrected chi connectivity index (χ0v) is 20.5. The Morgan fingerprint density at radius 3 is 2.43 bits per heavy atom. The summed E-state index contributed by atoms with van der Waals surface area (Å²) in [5.41, 5.74) is 1.73. The van der Waals surface area contributed by atoms with Crippen molar-refractivity contribution in [2.75, 3.05) is 26.7 Å². The summed E-state index contributed by atoms with van der Waals surface area (Å²) in [6.07, 6.45) is -0.720. The highest BCUT2D eigenvalue weighted by atomic mass is 19.1. The molecule has 10 nitrogen and oxygen atoms in total. The van der Waals surface area contributed by atoms with E-state index >= 15 is 0 Å². The van der Waals surface area contributed by atoms with Crippen LogP contribution in [0.2, 0.25) is 0 Å². The number of carbonyl (C=O) groups excluding carboxylic acids is 3. The molecule has 2 aromatic carbocycles. The van der Waals surface area contributed by atoms with Crippen LogP contribution in [0.1, 0.15) is 24.0 Å². The highest BCUT2D eigenvalue weighted by Crippen LogP contribution is 2.28. The second-order valence-electron chi connectivity index (χ2n) is 9.20. The normalized spacial score (nSPS) is 20.1. The van der Waals surface area contributed by atoms with Gasteiger partial charge in [0.25, 0.3) is 0 Å². The number of carbonyl (C=O) groups is 4. The highest BCUT2D eigenvalue weighted by molar-refractivity contribution is 5.91. The highest BCUT2D eigenvalue weighted by Gasteiger charge is 2.50. The molecule has 2 atom stereocenters. The molecule has 2 aliphatic rings. The van der Waals surface area contributed by atoms with Gasteiger partial charge in [-0.25, -0.2) is 19.2 Å². The molecule has 11 heteroatoms. The van der Waals surface area contributed by atoms with Gasteiger partial charge in [-0.15, -0.1) is 0 Å². The molecule has 2 saturated heterocycles. The number of urea groups is 1. The number of likely N-dealkylation sites (N-methyl/N-ethyl adjacent to an activating group) is 1. The van der Waals surface area contributed by atoms with Crippen LogP contribution in [0.5, 0.6) is 0 Å². The van der Waals surface area contributed by atoms with Crippen LogP contribution in [0.15, 0.2) is 54.6 Å². The van der Waals surface area contributed by atoms with Crippen molar-refractivity contribution < 1.29 is 28.7 Å². The van der Waals surface area contributed by atoms with Crippen molar-refractivity contribution in [1.82, 2.24) is 25.1 Å². The number of benzene rings is 2. The number of nitrogens with one attached hydrogen (secondary N) is 1. The lowest BCUT2D eigenvalue weighted by Crippen LogP contribution is -2.76. The number of hydrogen-bond donors (Lipinski definition) is 2. The molecule has 2 aromatic rings. The summed E-state index contributed by atoms with van der Waals surface area (Å²) in [6.45, 7) is 0.496. The SMILES string of the molecule is CN1CC(=O)N2[C@@H](CCC(=O)O)C(=O)N(CCc3ccc(F)cc3)C[C@@H]2N1C(=O)NCc1ccccc1. The first kappa shape index (κ1) is 26.1. The van der Waals surface area contributed by atoms with E-state index in [9.17, 15) is 28.7 Å². The summed E-state index contributed by atoms with van der Waals surface area (Å²) in [5.74, 6) is -2.14. The monoisotopic (exact) mass is 511 g/mol. The number of hydrogen-bond acceptors (Lipinski definition) is 5. The summed E-state index contributed by atoms with van der Waals surface area (Å²) >= 11 is 0. The number of amides is 4. The molecule has 0 unspecified atom stereocenters. The number of fused-ring (bicyclic) bond motifs is 1. The van der Waals surface area contributed by atoms with E-state index in [4.69, 9.17) is 0 Å². The smallest absolute Gasteiger partial charge is 0.334 e. The topological polar surface area (TPSA) is 114 Å². The van der Waals surface area contributed by atoms with Crippen molar-refractivity contribution >= 4 is 23.8 Å². The van der Waals surface area contributed by atoms with Crippen LogP contribution < -0.4 is 5.32 Å². The van der Waals surface area contributed by atoms with E-state index in [-0.39, 0.29) is 56.7 Å². The van der Waals surface area contributed by atoms with Crippen molar-refractivity contribution in [2.24, 2.45) is 0 Å². The van der Waals surface area contributed by atoms with E-state index < -0.39 is 24.2 Å². The molecular weight excluding hydrogens is 481 g/mol. The third-order valence-electron chi connectivity index (χ3n) is 6.65. The minimum Gasteiger partial charge on any atom is -0.481 e. The van der Waals surface area contributed by atoms with Gasteiger partial charge in [0.15, 0.2) is 0 Å². The van der Waals surface area contributed by atoms with Gasteiger partial charge >= 0.3 is 12.0 Å². The molecule has 0 saturated carbocycles. The number of aliphatic carboxylic acids is 1. The second-order valence-corrected chi connectivity index (χ2v) is 9.20. The molecule has 37 heavy (non-hydrogen) atoms. The average Bonchev–Trinajstić information content (AvgIpc) is 2.87. The Kier molecular flexibility index (Phi) is 8.02. The maximum atomic E-state index is 13.4. The Morgan fingerprint density at radius 2 is 1.76 bits per heavy atom. The molecule has 0 aliphatic carbocycles. The van der Waals surface area contributed by atoms with Gasteiger partial charge in [-0.2, -0.15) is 0 Å². The Bertz CT molecular complexity index is 1150. The van der Waals surface area contributed by atoms with E-state index in [0.29, 0.717) is 6.42 Å². The molecule has 0 bridgehead atoms. The first-order valence-corrected chi connectivity index (χ1v) is 12.1. The van der Waals surface area contributed by atoms with Gasteiger partial charge in [-0.3, -0.25) is 14.4 Å². The minimum atomic E-state index is -1.08. The summed E-state index contributed by atoms with van der Waals surface area (Å²) < 4.78 is 13.3. The zero-order chi connectivity index (χ0) is 26.5. The Balaban J connectivity index is 1.56. The van der Waals surface area contributed by atoms with Crippen LogP contribution in [0.25, 0.3) is 0 Å². The Morgan fingerprint density at radius 1 is 1.05 bits per heavy atom. The predicted octanol–water partition coefficient (Wildman–Crippen LogP) is 1.67. The van der Waals surface area contributed by atoms with Gasteiger partial charge in [-0.1, -0.05) is 42.5 Å². The van der Waals surface area contributed by atoms with Crippen molar-refractivity contribution in [3.05, 3.63) is 71.5 Å². The minimum absolute atomic E-state index is 0.0629. The lowest BCUT2D eigenvalue weighted by molar-refractivity contribution is -0.187. The fraction of sp³-hybridized carbons (Fsp3) is 0.385. The summed E-state index contributed by atoms with van der Waals surface area (Å²) in [5, 5.41) is 15.1. The van der Waals surface area contributed by atoms with Gasteiger partial charge < -0.3 is 20.2 Å². The molecule has 0 aromatic heterocycles. The molecule has 2 N–H and O–H groups in total. The summed E-state index contributed by atoms with van der Waals surface area (Å²) in [7, 11) is 1.63. The molecule has 2 fully saturated rings. The number of halogens is 1. The Hall–Kier alpha value is -3.99. The summed E-state index contributed by atoms with van der Waals surface area (Å²) in [6, 6.07) is 13.9. The fourth-order valence-electron chi connectivity index (χ4n) is 4.81. The molecule has 2 heterocycles. The number of hydrazine groups is 1. The lowest BCUT2D eigenvalue weighted by atomic mass is 10.0. The van der Waals surface area contributed by atoms with Crippen LogP contribution in [0.3, 0.4) is 0 Å². The van der Waals surface area contributed by atoms with E-state index in [1.165, 1.54) is 27.1 Å². The van der Waals surface area contributed by atoms with Gasteiger partial charge in [0.05, 0.1) is 13.1 Å². The van der Waals surface area contributed by atoms with Crippen molar-refractivity contribution in [1.29, 1.82) is 0 Å². The van der Waals surface area contributed by atoms with Gasteiger partial charge in [-0.05, 0) is 36.1 Å². The van der Waals surface area contributed by atoms with Crippen molar-refractivity contribution in [3.63, 3.8) is 0 Å². The van der Waals surface area contributed by atoms with Gasteiger partial charge in [0.1, 0.15) is 18.0 Å². The van der Waals surface area contributed by atoms with Crippen LogP contribution >= 0.6 is 0 Å². The third kappa shape index (κ3) is 6.05. The third-order valence-corrected chi connectivity index (χ3v) is 6.65. The number of carboxylic acid groups (broad SMARTS) is 1. The van der Waals surface area contributed by atoms with Crippen LogP contribution in [0, 0.1) is 5.82 Å². The average molecular weight is 512 g/mol.